The van der Waals surface area contributed by atoms with Crippen LogP contribution in [0.2, 0.25) is 0 Å². The van der Waals surface area contributed by atoms with Gasteiger partial charge in [0.15, 0.2) is 5.82 Å². The number of anilines is 1. The molecule has 0 spiro atoms. The molecular weight excluding hydrogens is 276 g/mol. The molecule has 0 amide bonds. The van der Waals surface area contributed by atoms with Crippen LogP contribution in [-0.2, 0) is 6.54 Å². The minimum atomic E-state index is -0.0227. The molecule has 3 rings (SSSR count). The second kappa shape index (κ2) is 6.02. The second-order valence-electron chi connectivity index (χ2n) is 5.51. The number of aromatic nitrogens is 2. The minimum Gasteiger partial charge on any atom is -0.351 e. The highest BCUT2D eigenvalue weighted by atomic mass is 16.1. The third kappa shape index (κ3) is 2.60. The molecule has 1 fully saturated rings. The van der Waals surface area contributed by atoms with Gasteiger partial charge in [-0.3, -0.25) is 4.79 Å². The lowest BCUT2D eigenvalue weighted by Crippen LogP contribution is -2.31. The molecule has 0 bridgehead atoms. The van der Waals surface area contributed by atoms with Gasteiger partial charge in [0.25, 0.3) is 5.56 Å². The average molecular weight is 294 g/mol. The van der Waals surface area contributed by atoms with Gasteiger partial charge in [0.2, 0.25) is 0 Å². The summed E-state index contributed by atoms with van der Waals surface area (Å²) in [5.41, 5.74) is 1.87. The molecule has 0 radical (unpaired) electrons. The van der Waals surface area contributed by atoms with Crippen LogP contribution < -0.4 is 10.5 Å². The zero-order chi connectivity index (χ0) is 15.5. The second-order valence-corrected chi connectivity index (χ2v) is 5.51. The Kier molecular flexibility index (Phi) is 3.92. The van der Waals surface area contributed by atoms with E-state index in [0.29, 0.717) is 23.8 Å². The summed E-state index contributed by atoms with van der Waals surface area (Å²) < 4.78 is 1.68. The van der Waals surface area contributed by atoms with Gasteiger partial charge < -0.3 is 9.47 Å². The highest BCUT2D eigenvalue weighted by Crippen LogP contribution is 2.28. The number of hydrogen-bond donors (Lipinski definition) is 0. The number of rotatable bonds is 3. The molecule has 5 heteroatoms. The molecule has 0 unspecified atom stereocenters. The van der Waals surface area contributed by atoms with E-state index in [2.05, 4.69) is 16.0 Å². The number of aryl methyl sites for hydroxylation is 1. The van der Waals surface area contributed by atoms with Crippen molar-refractivity contribution in [1.29, 1.82) is 5.26 Å². The minimum absolute atomic E-state index is 0.0227. The molecule has 1 aliphatic heterocycles. The zero-order valence-corrected chi connectivity index (χ0v) is 12.6. The summed E-state index contributed by atoms with van der Waals surface area (Å²) in [6.07, 6.45) is 4.41. The lowest BCUT2D eigenvalue weighted by atomic mass is 9.97. The van der Waals surface area contributed by atoms with Gasteiger partial charge in [0.05, 0.1) is 11.6 Å². The summed E-state index contributed by atoms with van der Waals surface area (Å²) in [5.74, 6) is 0.921. The number of hydrogen-bond acceptors (Lipinski definition) is 4. The van der Waals surface area contributed by atoms with Crippen molar-refractivity contribution in [3.05, 3.63) is 58.1 Å². The molecule has 2 heterocycles. The van der Waals surface area contributed by atoms with Gasteiger partial charge in [-0.05, 0) is 31.0 Å². The molecule has 1 aromatic carbocycles. The van der Waals surface area contributed by atoms with Crippen LogP contribution in [0.5, 0.6) is 0 Å². The predicted molar refractivity (Wildman–Crippen MR) is 84.9 cm³/mol. The monoisotopic (exact) mass is 294 g/mol. The van der Waals surface area contributed by atoms with Gasteiger partial charge in [0.1, 0.15) is 0 Å². The Morgan fingerprint density at radius 2 is 2.14 bits per heavy atom. The van der Waals surface area contributed by atoms with Crippen molar-refractivity contribution in [1.82, 2.24) is 9.55 Å². The van der Waals surface area contributed by atoms with Gasteiger partial charge in [-0.1, -0.05) is 12.1 Å². The Labute approximate surface area is 129 Å². The number of nitrogens with zero attached hydrogens (tertiary/aromatic N) is 4. The molecule has 1 aliphatic rings. The molecule has 2 aromatic rings. The van der Waals surface area contributed by atoms with Gasteiger partial charge in [-0.25, -0.2) is 4.98 Å². The fraction of sp³-hybridized carbons (Fsp3) is 0.353. The number of nitriles is 1. The molecule has 112 valence electrons. The third-order valence-electron chi connectivity index (χ3n) is 4.24. The van der Waals surface area contributed by atoms with Gasteiger partial charge in [-0.15, -0.1) is 0 Å². The smallest absolute Gasteiger partial charge is 0.293 e. The summed E-state index contributed by atoms with van der Waals surface area (Å²) in [5, 5.41) is 8.86. The third-order valence-corrected chi connectivity index (χ3v) is 4.24. The predicted octanol–water partition coefficient (Wildman–Crippen LogP) is 2.13. The normalized spacial score (nSPS) is 17.5. The Morgan fingerprint density at radius 3 is 2.82 bits per heavy atom. The Hall–Kier alpha value is -2.61. The van der Waals surface area contributed by atoms with E-state index in [9.17, 15) is 4.79 Å². The first-order valence-corrected chi connectivity index (χ1v) is 7.53. The SMILES string of the molecule is CCn1ccnc(N2CC[C@H](c3ccc(C#N)cc3)C2)c1=O. The Balaban J connectivity index is 1.80. The summed E-state index contributed by atoms with van der Waals surface area (Å²) in [6.45, 7) is 4.23. The van der Waals surface area contributed by atoms with Crippen molar-refractivity contribution >= 4 is 5.82 Å². The summed E-state index contributed by atoms with van der Waals surface area (Å²) in [7, 11) is 0. The van der Waals surface area contributed by atoms with Gasteiger partial charge >= 0.3 is 0 Å². The topological polar surface area (TPSA) is 61.9 Å². The maximum atomic E-state index is 12.3. The van der Waals surface area contributed by atoms with Gasteiger partial charge in [0, 0.05) is 37.9 Å². The van der Waals surface area contributed by atoms with Crippen LogP contribution >= 0.6 is 0 Å². The van der Waals surface area contributed by atoms with Gasteiger partial charge in [-0.2, -0.15) is 5.26 Å². The van der Waals surface area contributed by atoms with Crippen molar-refractivity contribution in [2.45, 2.75) is 25.8 Å². The van der Waals surface area contributed by atoms with Crippen LogP contribution in [0.1, 0.15) is 30.4 Å². The number of benzene rings is 1. The van der Waals surface area contributed by atoms with Crippen molar-refractivity contribution in [2.75, 3.05) is 18.0 Å². The molecule has 5 nitrogen and oxygen atoms in total. The van der Waals surface area contributed by atoms with E-state index in [1.807, 2.05) is 31.2 Å². The van der Waals surface area contributed by atoms with E-state index in [1.165, 1.54) is 5.56 Å². The highest BCUT2D eigenvalue weighted by Gasteiger charge is 2.26. The molecule has 0 N–H and O–H groups in total. The molecule has 0 saturated carbocycles. The fourth-order valence-corrected chi connectivity index (χ4v) is 2.96. The molecule has 22 heavy (non-hydrogen) atoms. The fourth-order valence-electron chi connectivity index (χ4n) is 2.96. The quantitative estimate of drug-likeness (QED) is 0.870. The lowest BCUT2D eigenvalue weighted by molar-refractivity contribution is 0.708. The van der Waals surface area contributed by atoms with Crippen molar-refractivity contribution in [3.8, 4) is 6.07 Å². The van der Waals surface area contributed by atoms with E-state index >= 15 is 0 Å². The van der Waals surface area contributed by atoms with E-state index in [1.54, 1.807) is 17.0 Å². The molecule has 0 aliphatic carbocycles. The van der Waals surface area contributed by atoms with Crippen LogP contribution in [0.4, 0.5) is 5.82 Å². The van der Waals surface area contributed by atoms with Crippen LogP contribution in [0.25, 0.3) is 0 Å². The first-order chi connectivity index (χ1) is 10.7. The molecular formula is C17H18N4O. The zero-order valence-electron chi connectivity index (χ0n) is 12.6. The van der Waals surface area contributed by atoms with Crippen molar-refractivity contribution in [2.24, 2.45) is 0 Å². The lowest BCUT2D eigenvalue weighted by Gasteiger charge is -2.17. The first kappa shape index (κ1) is 14.3. The molecule has 1 atom stereocenters. The van der Waals surface area contributed by atoms with Crippen LogP contribution in [-0.4, -0.2) is 22.6 Å². The van der Waals surface area contributed by atoms with E-state index < -0.39 is 0 Å². The highest BCUT2D eigenvalue weighted by molar-refractivity contribution is 5.41. The Bertz CT molecular complexity index is 757. The standard InChI is InChI=1S/C17H18N4O/c1-2-20-10-8-19-16(17(20)22)21-9-7-15(12-21)14-5-3-13(11-18)4-6-14/h3-6,8,10,15H,2,7,9,12H2,1H3/t15-/m0/s1. The van der Waals surface area contributed by atoms with E-state index in [-0.39, 0.29) is 5.56 Å². The largest absolute Gasteiger partial charge is 0.351 e. The van der Waals surface area contributed by atoms with E-state index in [4.69, 9.17) is 5.26 Å². The maximum Gasteiger partial charge on any atom is 0.293 e. The Morgan fingerprint density at radius 1 is 1.36 bits per heavy atom. The van der Waals surface area contributed by atoms with Crippen LogP contribution in [0.3, 0.4) is 0 Å². The summed E-state index contributed by atoms with van der Waals surface area (Å²) >= 11 is 0. The molecule has 1 aromatic heterocycles. The summed E-state index contributed by atoms with van der Waals surface area (Å²) in [4.78, 5) is 18.7. The van der Waals surface area contributed by atoms with Crippen molar-refractivity contribution < 1.29 is 0 Å². The van der Waals surface area contributed by atoms with E-state index in [0.717, 1.165) is 19.5 Å². The van der Waals surface area contributed by atoms with Crippen LogP contribution in [0.15, 0.2) is 41.5 Å². The average Bonchev–Trinajstić information content (AvgIpc) is 3.05. The first-order valence-electron chi connectivity index (χ1n) is 7.53. The maximum absolute atomic E-state index is 12.3. The van der Waals surface area contributed by atoms with Crippen LogP contribution in [0, 0.1) is 11.3 Å². The summed E-state index contributed by atoms with van der Waals surface area (Å²) in [6, 6.07) is 9.85. The van der Waals surface area contributed by atoms with Crippen molar-refractivity contribution in [3.63, 3.8) is 0 Å². The molecule has 1 saturated heterocycles.